The van der Waals surface area contributed by atoms with E-state index in [9.17, 15) is 5.11 Å². The molecule has 0 spiro atoms. The Morgan fingerprint density at radius 1 is 1.50 bits per heavy atom. The molecule has 0 amide bonds. The predicted octanol–water partition coefficient (Wildman–Crippen LogP) is 0.939. The van der Waals surface area contributed by atoms with Crippen molar-refractivity contribution in [1.29, 1.82) is 0 Å². The third-order valence-electron chi connectivity index (χ3n) is 2.17. The van der Waals surface area contributed by atoms with Crippen LogP contribution in [0.1, 0.15) is 50.6 Å². The van der Waals surface area contributed by atoms with Crippen LogP contribution in [0.5, 0.6) is 0 Å². The quantitative estimate of drug-likeness (QED) is 0.722. The van der Waals surface area contributed by atoms with Gasteiger partial charge in [0.25, 0.3) is 5.89 Å². The Bertz CT molecular complexity index is 297. The summed E-state index contributed by atoms with van der Waals surface area (Å²) in [6.07, 6.45) is 0.724. The van der Waals surface area contributed by atoms with Gasteiger partial charge in [-0.2, -0.15) is 4.98 Å². The first-order chi connectivity index (χ1) is 7.72. The number of nitrogens with two attached hydrogens (primary N) is 1. The van der Waals surface area contributed by atoms with Crippen molar-refractivity contribution in [3.63, 3.8) is 0 Å². The largest absolute Gasteiger partial charge is 0.382 e. The lowest BCUT2D eigenvalue weighted by molar-refractivity contribution is 0.0477. The van der Waals surface area contributed by atoms with Crippen LogP contribution in [0.25, 0.3) is 0 Å². The summed E-state index contributed by atoms with van der Waals surface area (Å²) in [6.45, 7) is 4.63. The van der Waals surface area contributed by atoms with Crippen molar-refractivity contribution in [3.8, 4) is 0 Å². The number of ether oxygens (including phenoxy) is 1. The Hall–Kier alpha value is -0.980. The molecule has 0 bridgehead atoms. The fraction of sp³-hybridized carbons (Fsp3) is 0.800. The minimum Gasteiger partial charge on any atom is -0.382 e. The summed E-state index contributed by atoms with van der Waals surface area (Å²) in [4.78, 5) is 4.09. The van der Waals surface area contributed by atoms with Gasteiger partial charge in [-0.3, -0.25) is 0 Å². The summed E-state index contributed by atoms with van der Waals surface area (Å²) < 4.78 is 10.4. The fourth-order valence-corrected chi connectivity index (χ4v) is 1.36. The molecule has 6 nitrogen and oxygen atoms in total. The molecule has 0 saturated carbocycles. The van der Waals surface area contributed by atoms with E-state index in [0.717, 1.165) is 12.8 Å². The van der Waals surface area contributed by atoms with Crippen LogP contribution in [0.15, 0.2) is 4.52 Å². The maximum atomic E-state index is 9.42. The average molecular weight is 229 g/mol. The minimum atomic E-state index is -0.898. The number of aromatic nitrogens is 2. The molecule has 92 valence electrons. The van der Waals surface area contributed by atoms with Gasteiger partial charge in [-0.05, 0) is 13.3 Å². The van der Waals surface area contributed by atoms with Gasteiger partial charge < -0.3 is 20.1 Å². The molecule has 0 radical (unpaired) electrons. The van der Waals surface area contributed by atoms with Crippen molar-refractivity contribution in [2.24, 2.45) is 5.73 Å². The summed E-state index contributed by atoms with van der Waals surface area (Å²) in [5.41, 5.74) is 5.30. The van der Waals surface area contributed by atoms with Crippen LogP contribution in [0.3, 0.4) is 0 Å². The number of hydrogen-bond donors (Lipinski definition) is 2. The molecule has 1 aromatic heterocycles. The molecule has 16 heavy (non-hydrogen) atoms. The van der Waals surface area contributed by atoms with Crippen molar-refractivity contribution in [3.05, 3.63) is 11.7 Å². The maximum absolute atomic E-state index is 9.42. The lowest BCUT2D eigenvalue weighted by atomic mass is 10.2. The second kappa shape index (κ2) is 6.57. The number of aliphatic hydroxyl groups is 1. The summed E-state index contributed by atoms with van der Waals surface area (Å²) in [5, 5.41) is 13.2. The van der Waals surface area contributed by atoms with Crippen LogP contribution in [-0.4, -0.2) is 28.4 Å². The highest BCUT2D eigenvalue weighted by Gasteiger charge is 2.20. The third kappa shape index (κ3) is 3.26. The lowest BCUT2D eigenvalue weighted by Crippen LogP contribution is -2.12. The Morgan fingerprint density at radius 2 is 2.25 bits per heavy atom. The highest BCUT2D eigenvalue weighted by atomic mass is 16.5. The van der Waals surface area contributed by atoms with Crippen LogP contribution >= 0.6 is 0 Å². The van der Waals surface area contributed by atoms with E-state index in [1.807, 2.05) is 6.92 Å². The first-order valence-electron chi connectivity index (χ1n) is 5.56. The van der Waals surface area contributed by atoms with E-state index in [0.29, 0.717) is 12.4 Å². The van der Waals surface area contributed by atoms with Crippen LogP contribution in [0, 0.1) is 0 Å². The summed E-state index contributed by atoms with van der Waals surface area (Å²) in [6, 6.07) is 0. The summed E-state index contributed by atoms with van der Waals surface area (Å²) in [7, 11) is 0. The van der Waals surface area contributed by atoms with Crippen molar-refractivity contribution in [2.75, 3.05) is 13.2 Å². The van der Waals surface area contributed by atoms with Crippen LogP contribution in [0.4, 0.5) is 0 Å². The number of rotatable bonds is 7. The molecule has 0 aliphatic carbocycles. The molecule has 0 aliphatic heterocycles. The van der Waals surface area contributed by atoms with Gasteiger partial charge >= 0.3 is 0 Å². The number of nitrogens with zero attached hydrogens (tertiary/aromatic N) is 2. The molecule has 1 rings (SSSR count). The van der Waals surface area contributed by atoms with Gasteiger partial charge in [0, 0.05) is 13.2 Å². The lowest BCUT2D eigenvalue weighted by Gasteiger charge is -2.11. The van der Waals surface area contributed by atoms with Gasteiger partial charge in [0.05, 0.1) is 0 Å². The van der Waals surface area contributed by atoms with E-state index >= 15 is 0 Å². The smallest absolute Gasteiger partial charge is 0.256 e. The highest BCUT2D eigenvalue weighted by molar-refractivity contribution is 4.94. The monoisotopic (exact) mass is 229 g/mol. The van der Waals surface area contributed by atoms with Gasteiger partial charge in [-0.1, -0.05) is 18.5 Å². The zero-order chi connectivity index (χ0) is 12.0. The van der Waals surface area contributed by atoms with Crippen molar-refractivity contribution < 1.29 is 14.4 Å². The summed E-state index contributed by atoms with van der Waals surface area (Å²) >= 11 is 0. The third-order valence-corrected chi connectivity index (χ3v) is 2.17. The predicted molar refractivity (Wildman–Crippen MR) is 57.6 cm³/mol. The molecule has 0 saturated heterocycles. The van der Waals surface area contributed by atoms with Crippen LogP contribution in [-0.2, 0) is 4.74 Å². The Balaban J connectivity index is 2.72. The van der Waals surface area contributed by atoms with Crippen molar-refractivity contribution >= 4 is 0 Å². The van der Waals surface area contributed by atoms with E-state index in [4.69, 9.17) is 15.0 Å². The molecule has 0 fully saturated rings. The Labute approximate surface area is 94.8 Å². The molecule has 6 heteroatoms. The second-order valence-electron chi connectivity index (χ2n) is 3.47. The van der Waals surface area contributed by atoms with E-state index in [2.05, 4.69) is 17.1 Å². The van der Waals surface area contributed by atoms with E-state index in [1.165, 1.54) is 0 Å². The van der Waals surface area contributed by atoms with Crippen molar-refractivity contribution in [1.82, 2.24) is 10.1 Å². The van der Waals surface area contributed by atoms with E-state index < -0.39 is 6.10 Å². The first-order valence-corrected chi connectivity index (χ1v) is 5.56. The SMILES string of the molecule is CCCC(OCC)c1noc([C@@H](O)CN)n1. The maximum Gasteiger partial charge on any atom is 0.256 e. The normalized spacial score (nSPS) is 15.0. The zero-order valence-electron chi connectivity index (χ0n) is 9.72. The minimum absolute atomic E-state index is 0.0642. The standard InChI is InChI=1S/C10H19N3O3/c1-3-5-8(15-4-2)9-12-10(16-13-9)7(14)6-11/h7-8,14H,3-6,11H2,1-2H3/t7-,8?/m0/s1. The molecule has 0 aliphatic rings. The molecular weight excluding hydrogens is 210 g/mol. The van der Waals surface area contributed by atoms with Gasteiger partial charge in [0.15, 0.2) is 0 Å². The van der Waals surface area contributed by atoms with Gasteiger partial charge in [-0.25, -0.2) is 0 Å². The van der Waals surface area contributed by atoms with Crippen molar-refractivity contribution in [2.45, 2.75) is 38.9 Å². The Morgan fingerprint density at radius 3 is 2.81 bits per heavy atom. The van der Waals surface area contributed by atoms with Gasteiger partial charge in [0.1, 0.15) is 12.2 Å². The average Bonchev–Trinajstić information content (AvgIpc) is 2.77. The molecule has 1 unspecified atom stereocenters. The van der Waals surface area contributed by atoms with E-state index in [1.54, 1.807) is 0 Å². The molecule has 1 heterocycles. The Kier molecular flexibility index (Phi) is 5.37. The second-order valence-corrected chi connectivity index (χ2v) is 3.47. The van der Waals surface area contributed by atoms with Gasteiger partial charge in [-0.15, -0.1) is 0 Å². The van der Waals surface area contributed by atoms with E-state index in [-0.39, 0.29) is 18.5 Å². The highest BCUT2D eigenvalue weighted by Crippen LogP contribution is 2.21. The van der Waals surface area contributed by atoms with Crippen LogP contribution < -0.4 is 5.73 Å². The molecule has 2 atom stereocenters. The zero-order valence-corrected chi connectivity index (χ0v) is 9.72. The molecule has 0 aromatic carbocycles. The number of hydrogen-bond acceptors (Lipinski definition) is 6. The fourth-order valence-electron chi connectivity index (χ4n) is 1.36. The molecular formula is C10H19N3O3. The molecule has 3 N–H and O–H groups in total. The molecule has 1 aromatic rings. The number of aliphatic hydroxyl groups excluding tert-OH is 1. The topological polar surface area (TPSA) is 94.4 Å². The summed E-state index contributed by atoms with van der Waals surface area (Å²) in [5.74, 6) is 0.629. The first kappa shape index (κ1) is 13.1. The van der Waals surface area contributed by atoms with Crippen LogP contribution in [0.2, 0.25) is 0 Å². The van der Waals surface area contributed by atoms with Gasteiger partial charge in [0.2, 0.25) is 5.82 Å².